The van der Waals surface area contributed by atoms with E-state index in [4.69, 9.17) is 25.8 Å². The summed E-state index contributed by atoms with van der Waals surface area (Å²) in [5.74, 6) is -1.29. The van der Waals surface area contributed by atoms with Crippen molar-refractivity contribution in [3.8, 4) is 0 Å². The average molecular weight is 506 g/mol. The van der Waals surface area contributed by atoms with Crippen LogP contribution in [0.1, 0.15) is 9.67 Å². The normalized spacial score (nSPS) is 16.5. The van der Waals surface area contributed by atoms with Crippen LogP contribution in [0, 0.1) is 0 Å². The zero-order valence-corrected chi connectivity index (χ0v) is 20.4. The lowest BCUT2D eigenvalue weighted by Crippen LogP contribution is -2.48. The number of benzene rings is 1. The van der Waals surface area contributed by atoms with Crippen LogP contribution in [0.5, 0.6) is 0 Å². The second-order valence-corrected chi connectivity index (χ2v) is 8.96. The zero-order chi connectivity index (χ0) is 24.2. The molecule has 1 aromatic heterocycles. The van der Waals surface area contributed by atoms with Gasteiger partial charge in [0.1, 0.15) is 12.4 Å². The first-order valence-corrected chi connectivity index (χ1v) is 11.8. The lowest BCUT2D eigenvalue weighted by atomic mass is 10.1. The molecule has 1 fully saturated rings. The van der Waals surface area contributed by atoms with E-state index < -0.39 is 11.9 Å². The van der Waals surface area contributed by atoms with Crippen molar-refractivity contribution in [2.75, 3.05) is 63.5 Å². The van der Waals surface area contributed by atoms with E-state index in [-0.39, 0.29) is 30.5 Å². The van der Waals surface area contributed by atoms with E-state index >= 15 is 0 Å². The molecule has 1 amide bonds. The van der Waals surface area contributed by atoms with Gasteiger partial charge in [0.2, 0.25) is 0 Å². The Hall–Kier alpha value is -3.08. The van der Waals surface area contributed by atoms with Crippen LogP contribution in [-0.2, 0) is 23.8 Å². The highest BCUT2D eigenvalue weighted by Gasteiger charge is 2.33. The number of halogens is 1. The minimum atomic E-state index is -0.671. The van der Waals surface area contributed by atoms with Gasteiger partial charge < -0.3 is 28.9 Å². The fourth-order valence-corrected chi connectivity index (χ4v) is 4.96. The van der Waals surface area contributed by atoms with Crippen LogP contribution in [0.3, 0.4) is 0 Å². The first-order chi connectivity index (χ1) is 16.4. The van der Waals surface area contributed by atoms with Gasteiger partial charge in [-0.05, 0) is 29.6 Å². The van der Waals surface area contributed by atoms with E-state index in [1.807, 2.05) is 28.5 Å². The van der Waals surface area contributed by atoms with Gasteiger partial charge in [-0.1, -0.05) is 17.7 Å². The van der Waals surface area contributed by atoms with Gasteiger partial charge >= 0.3 is 11.9 Å². The molecule has 0 saturated carbocycles. The Morgan fingerprint density at radius 3 is 2.38 bits per heavy atom. The third-order valence-corrected chi connectivity index (χ3v) is 6.88. The summed E-state index contributed by atoms with van der Waals surface area (Å²) in [6.45, 7) is 2.45. The number of methoxy groups -OCH3 is 2. The summed E-state index contributed by atoms with van der Waals surface area (Å²) in [6, 6.07) is 9.08. The van der Waals surface area contributed by atoms with E-state index in [1.165, 1.54) is 30.5 Å². The fourth-order valence-electron chi connectivity index (χ4n) is 3.97. The number of nitrogens with zero attached hydrogens (tertiary/aromatic N) is 3. The Kier molecular flexibility index (Phi) is 7.40. The van der Waals surface area contributed by atoms with Gasteiger partial charge in [-0.25, -0.2) is 9.59 Å². The molecular formula is C23H24ClN3O6S. The van der Waals surface area contributed by atoms with E-state index in [2.05, 4.69) is 4.90 Å². The van der Waals surface area contributed by atoms with E-state index in [9.17, 15) is 14.4 Å². The van der Waals surface area contributed by atoms with Crippen molar-refractivity contribution in [3.05, 3.63) is 56.9 Å². The van der Waals surface area contributed by atoms with Gasteiger partial charge in [-0.2, -0.15) is 0 Å². The minimum Gasteiger partial charge on any atom is -0.466 e. The molecule has 3 heterocycles. The van der Waals surface area contributed by atoms with Crippen molar-refractivity contribution in [2.24, 2.45) is 0 Å². The molecule has 34 heavy (non-hydrogen) atoms. The molecule has 2 aliphatic heterocycles. The number of anilines is 2. The second kappa shape index (κ2) is 10.5. The highest BCUT2D eigenvalue weighted by Crippen LogP contribution is 2.34. The molecule has 4 rings (SSSR count). The van der Waals surface area contributed by atoms with Crippen LogP contribution in [0.4, 0.5) is 11.4 Å². The number of carbonyl (C=O) groups is 3. The molecule has 1 aromatic carbocycles. The molecule has 0 radical (unpaired) electrons. The lowest BCUT2D eigenvalue weighted by molar-refractivity contribution is -0.140. The molecule has 0 spiro atoms. The van der Waals surface area contributed by atoms with Gasteiger partial charge in [0.15, 0.2) is 0 Å². The quantitative estimate of drug-likeness (QED) is 0.573. The molecule has 0 aliphatic carbocycles. The number of piperazine rings is 1. The van der Waals surface area contributed by atoms with E-state index in [0.29, 0.717) is 36.9 Å². The Morgan fingerprint density at radius 2 is 1.76 bits per heavy atom. The molecule has 0 unspecified atom stereocenters. The number of hydrogen-bond donors (Lipinski definition) is 0. The Bertz CT molecular complexity index is 1110. The van der Waals surface area contributed by atoms with Gasteiger partial charge in [0, 0.05) is 31.9 Å². The van der Waals surface area contributed by atoms with E-state index in [0.717, 1.165) is 10.6 Å². The predicted molar refractivity (Wildman–Crippen MR) is 128 cm³/mol. The molecular weight excluding hydrogens is 482 g/mol. The SMILES string of the molecule is COC(=O)C1=C(C(=O)OC)N(c2ccc(N3CCN(C(=O)c4cccs4)CC3)c(Cl)c2)COC1. The number of amides is 1. The molecule has 11 heteroatoms. The van der Waals surface area contributed by atoms with Crippen LogP contribution in [0.2, 0.25) is 5.02 Å². The average Bonchev–Trinajstić information content (AvgIpc) is 3.42. The molecule has 9 nitrogen and oxygen atoms in total. The fraction of sp³-hybridized carbons (Fsp3) is 0.348. The van der Waals surface area contributed by atoms with Crippen LogP contribution in [0.25, 0.3) is 0 Å². The van der Waals surface area contributed by atoms with Gasteiger partial charge in [-0.15, -0.1) is 11.3 Å². The molecule has 0 N–H and O–H groups in total. The summed E-state index contributed by atoms with van der Waals surface area (Å²) in [4.78, 5) is 43.5. The number of rotatable bonds is 5. The van der Waals surface area contributed by atoms with Crippen molar-refractivity contribution in [2.45, 2.75) is 0 Å². The van der Waals surface area contributed by atoms with Gasteiger partial charge in [-0.3, -0.25) is 4.79 Å². The largest absolute Gasteiger partial charge is 0.466 e. The predicted octanol–water partition coefficient (Wildman–Crippen LogP) is 2.76. The van der Waals surface area contributed by atoms with Crippen molar-refractivity contribution in [1.29, 1.82) is 0 Å². The number of ether oxygens (including phenoxy) is 3. The number of hydrogen-bond acceptors (Lipinski definition) is 9. The minimum absolute atomic E-state index is 0.0457. The highest BCUT2D eigenvalue weighted by molar-refractivity contribution is 7.12. The molecule has 0 bridgehead atoms. The third kappa shape index (κ3) is 4.75. The summed E-state index contributed by atoms with van der Waals surface area (Å²) >= 11 is 8.08. The van der Waals surface area contributed by atoms with Crippen LogP contribution < -0.4 is 9.80 Å². The van der Waals surface area contributed by atoms with Crippen molar-refractivity contribution in [1.82, 2.24) is 4.90 Å². The molecule has 180 valence electrons. The first kappa shape index (κ1) is 24.1. The van der Waals surface area contributed by atoms with Gasteiger partial charge in [0.25, 0.3) is 5.91 Å². The highest BCUT2D eigenvalue weighted by atomic mass is 35.5. The summed E-state index contributed by atoms with van der Waals surface area (Å²) < 4.78 is 15.2. The van der Waals surface area contributed by atoms with E-state index in [1.54, 1.807) is 12.1 Å². The summed E-state index contributed by atoms with van der Waals surface area (Å²) in [7, 11) is 2.49. The number of thiophene rings is 1. The summed E-state index contributed by atoms with van der Waals surface area (Å²) in [5, 5.41) is 2.37. The monoisotopic (exact) mass is 505 g/mol. The summed E-state index contributed by atoms with van der Waals surface area (Å²) in [6.07, 6.45) is 0. The van der Waals surface area contributed by atoms with Crippen molar-refractivity contribution in [3.63, 3.8) is 0 Å². The maximum absolute atomic E-state index is 12.6. The zero-order valence-electron chi connectivity index (χ0n) is 18.8. The maximum Gasteiger partial charge on any atom is 0.355 e. The third-order valence-electron chi connectivity index (χ3n) is 5.72. The maximum atomic E-state index is 12.6. The topological polar surface area (TPSA) is 88.6 Å². The van der Waals surface area contributed by atoms with Crippen LogP contribution in [0.15, 0.2) is 47.0 Å². The standard InChI is InChI=1S/C23H24ClN3O6S/c1-31-22(29)16-13-33-14-27(20(16)23(30)32-2)15-5-6-18(17(24)12-15)25-7-9-26(10-8-25)21(28)19-4-3-11-34-19/h3-6,11-12H,7-10,13-14H2,1-2H3. The molecule has 2 aromatic rings. The molecule has 0 atom stereocenters. The summed E-state index contributed by atoms with van der Waals surface area (Å²) in [5.41, 5.74) is 1.53. The lowest BCUT2D eigenvalue weighted by Gasteiger charge is -2.37. The number of carbonyl (C=O) groups excluding carboxylic acids is 3. The van der Waals surface area contributed by atoms with Gasteiger partial charge in [0.05, 0.1) is 42.0 Å². The number of esters is 2. The smallest absolute Gasteiger partial charge is 0.355 e. The van der Waals surface area contributed by atoms with Crippen LogP contribution >= 0.6 is 22.9 Å². The first-order valence-electron chi connectivity index (χ1n) is 10.6. The second-order valence-electron chi connectivity index (χ2n) is 7.61. The van der Waals surface area contributed by atoms with Crippen LogP contribution in [-0.4, -0.2) is 76.5 Å². The molecule has 2 aliphatic rings. The molecule has 1 saturated heterocycles. The Labute approximate surface area is 206 Å². The Morgan fingerprint density at radius 1 is 1.03 bits per heavy atom. The van der Waals surface area contributed by atoms with Crippen molar-refractivity contribution < 1.29 is 28.6 Å². The Balaban J connectivity index is 1.52. The van der Waals surface area contributed by atoms with Crippen molar-refractivity contribution >= 4 is 52.2 Å².